The molecule has 3 fully saturated rings. The minimum Gasteiger partial charge on any atom is -0.339 e. The Labute approximate surface area is 151 Å². The van der Waals surface area contributed by atoms with Crippen LogP contribution in [0.2, 0.25) is 0 Å². The van der Waals surface area contributed by atoms with Crippen LogP contribution in [0.5, 0.6) is 0 Å². The van der Waals surface area contributed by atoms with Crippen LogP contribution in [0.1, 0.15) is 62.8 Å². The smallest absolute Gasteiger partial charge is 0.223 e. The number of likely N-dealkylation sites (tertiary alicyclic amines) is 2. The molecule has 1 atom stereocenters. The summed E-state index contributed by atoms with van der Waals surface area (Å²) in [5.74, 6) is 1.54. The zero-order chi connectivity index (χ0) is 17.3. The summed E-state index contributed by atoms with van der Waals surface area (Å²) in [5, 5.41) is 0. The van der Waals surface area contributed by atoms with Gasteiger partial charge in [0.05, 0.1) is 5.54 Å². The van der Waals surface area contributed by atoms with Crippen LogP contribution in [0.4, 0.5) is 0 Å². The van der Waals surface area contributed by atoms with Crippen LogP contribution in [0.15, 0.2) is 24.5 Å². The van der Waals surface area contributed by atoms with Crippen molar-refractivity contribution in [2.75, 3.05) is 26.7 Å². The molecule has 1 aromatic rings. The van der Waals surface area contributed by atoms with Crippen LogP contribution in [0.25, 0.3) is 0 Å². The van der Waals surface area contributed by atoms with E-state index in [-0.39, 0.29) is 5.54 Å². The Kier molecular flexibility index (Phi) is 4.81. The van der Waals surface area contributed by atoms with Gasteiger partial charge in [-0.2, -0.15) is 0 Å². The average molecular weight is 341 g/mol. The second kappa shape index (κ2) is 7.06. The number of hydrogen-bond acceptors (Lipinski definition) is 3. The summed E-state index contributed by atoms with van der Waals surface area (Å²) in [6, 6.07) is 4.21. The number of nitrogens with zero attached hydrogens (tertiary/aromatic N) is 3. The van der Waals surface area contributed by atoms with E-state index >= 15 is 0 Å². The van der Waals surface area contributed by atoms with E-state index in [1.54, 1.807) is 0 Å². The lowest BCUT2D eigenvalue weighted by Gasteiger charge is -2.47. The maximum Gasteiger partial charge on any atom is 0.223 e. The molecule has 0 N–H and O–H groups in total. The maximum absolute atomic E-state index is 12.5. The quantitative estimate of drug-likeness (QED) is 0.845. The monoisotopic (exact) mass is 341 g/mol. The minimum atomic E-state index is 0.0154. The molecular weight excluding hydrogens is 310 g/mol. The lowest BCUT2D eigenvalue weighted by molar-refractivity contribution is -0.130. The Morgan fingerprint density at radius 3 is 2.48 bits per heavy atom. The first-order valence-corrected chi connectivity index (χ1v) is 10.1. The lowest BCUT2D eigenvalue weighted by Crippen LogP contribution is -2.54. The highest BCUT2D eigenvalue weighted by Gasteiger charge is 2.52. The minimum absolute atomic E-state index is 0.0154. The van der Waals surface area contributed by atoms with E-state index in [1.165, 1.54) is 44.2 Å². The van der Waals surface area contributed by atoms with E-state index in [0.717, 1.165) is 31.8 Å². The summed E-state index contributed by atoms with van der Waals surface area (Å²) >= 11 is 0. The summed E-state index contributed by atoms with van der Waals surface area (Å²) in [6.45, 7) is 3.54. The van der Waals surface area contributed by atoms with E-state index in [2.05, 4.69) is 26.9 Å². The number of pyridine rings is 1. The number of piperidine rings is 1. The van der Waals surface area contributed by atoms with Crippen molar-refractivity contribution in [2.45, 2.75) is 62.8 Å². The normalized spacial score (nSPS) is 28.0. The van der Waals surface area contributed by atoms with Crippen LogP contribution in [0.3, 0.4) is 0 Å². The molecule has 25 heavy (non-hydrogen) atoms. The number of hydrogen-bond donors (Lipinski definition) is 0. The third-order valence-electron chi connectivity index (χ3n) is 7.14. The van der Waals surface area contributed by atoms with Crippen molar-refractivity contribution in [2.24, 2.45) is 5.92 Å². The molecule has 4 nitrogen and oxygen atoms in total. The fourth-order valence-electron chi connectivity index (χ4n) is 5.55. The highest BCUT2D eigenvalue weighted by molar-refractivity contribution is 5.81. The van der Waals surface area contributed by atoms with Gasteiger partial charge in [0.1, 0.15) is 0 Å². The highest BCUT2D eigenvalue weighted by atomic mass is 16.2. The molecule has 1 aliphatic carbocycles. The van der Waals surface area contributed by atoms with E-state index in [1.807, 2.05) is 19.4 Å². The van der Waals surface area contributed by atoms with E-state index in [4.69, 9.17) is 0 Å². The molecule has 2 aliphatic heterocycles. The van der Waals surface area contributed by atoms with Gasteiger partial charge < -0.3 is 9.80 Å². The summed E-state index contributed by atoms with van der Waals surface area (Å²) in [6.07, 6.45) is 13.7. The molecule has 1 amide bonds. The Morgan fingerprint density at radius 1 is 1.12 bits per heavy atom. The Bertz CT molecular complexity index is 588. The SMILES string of the molecule is CN1C(=O)CC(c2ccncc2)C12CCN(CC1CCCCC1)CC2. The van der Waals surface area contributed by atoms with Crippen LogP contribution in [0, 0.1) is 5.92 Å². The summed E-state index contributed by atoms with van der Waals surface area (Å²) in [7, 11) is 2.03. The number of amides is 1. The standard InChI is InChI=1S/C21H31N3O/c1-23-20(25)15-19(18-7-11-22-12-8-18)21(23)9-13-24(14-10-21)16-17-5-3-2-4-6-17/h7-8,11-12,17,19H,2-6,9-10,13-16H2,1H3. The summed E-state index contributed by atoms with van der Waals surface area (Å²) in [4.78, 5) is 21.4. The van der Waals surface area contributed by atoms with Crippen LogP contribution < -0.4 is 0 Å². The van der Waals surface area contributed by atoms with Crippen molar-refractivity contribution in [3.8, 4) is 0 Å². The molecule has 0 bridgehead atoms. The Balaban J connectivity index is 1.46. The van der Waals surface area contributed by atoms with Crippen molar-refractivity contribution in [1.29, 1.82) is 0 Å². The van der Waals surface area contributed by atoms with Gasteiger partial charge in [0.2, 0.25) is 5.91 Å². The molecule has 1 aromatic heterocycles. The van der Waals surface area contributed by atoms with E-state index in [9.17, 15) is 4.79 Å². The third kappa shape index (κ3) is 3.21. The first-order valence-electron chi connectivity index (χ1n) is 10.1. The van der Waals surface area contributed by atoms with Crippen molar-refractivity contribution in [1.82, 2.24) is 14.8 Å². The first kappa shape index (κ1) is 17.0. The van der Waals surface area contributed by atoms with Crippen LogP contribution >= 0.6 is 0 Å². The molecule has 136 valence electrons. The number of rotatable bonds is 3. The fourth-order valence-corrected chi connectivity index (χ4v) is 5.55. The van der Waals surface area contributed by atoms with Gasteiger partial charge in [-0.25, -0.2) is 0 Å². The first-order chi connectivity index (χ1) is 12.2. The number of likely N-dealkylation sites (N-methyl/N-ethyl adjacent to an activating group) is 1. The molecule has 2 saturated heterocycles. The van der Waals surface area contributed by atoms with Gasteiger partial charge in [-0.3, -0.25) is 9.78 Å². The zero-order valence-electron chi connectivity index (χ0n) is 15.5. The van der Waals surface area contributed by atoms with Gasteiger partial charge in [-0.1, -0.05) is 19.3 Å². The van der Waals surface area contributed by atoms with E-state index < -0.39 is 0 Å². The lowest BCUT2D eigenvalue weighted by atomic mass is 9.73. The van der Waals surface area contributed by atoms with Gasteiger partial charge >= 0.3 is 0 Å². The molecule has 1 saturated carbocycles. The van der Waals surface area contributed by atoms with Gasteiger partial charge in [0, 0.05) is 51.4 Å². The molecular formula is C21H31N3O. The van der Waals surface area contributed by atoms with Crippen LogP contribution in [-0.2, 0) is 4.79 Å². The number of carbonyl (C=O) groups excluding carboxylic acids is 1. The molecule has 3 aliphatic rings. The average Bonchev–Trinajstić information content (AvgIpc) is 2.90. The molecule has 0 aromatic carbocycles. The largest absolute Gasteiger partial charge is 0.339 e. The van der Waals surface area contributed by atoms with Gasteiger partial charge in [-0.05, 0) is 49.3 Å². The predicted octanol–water partition coefficient (Wildman–Crippen LogP) is 3.44. The molecule has 1 unspecified atom stereocenters. The molecule has 3 heterocycles. The van der Waals surface area contributed by atoms with Crippen molar-refractivity contribution >= 4 is 5.91 Å². The second-order valence-electron chi connectivity index (χ2n) is 8.40. The van der Waals surface area contributed by atoms with Gasteiger partial charge in [0.15, 0.2) is 0 Å². The molecule has 4 heteroatoms. The summed E-state index contributed by atoms with van der Waals surface area (Å²) in [5.41, 5.74) is 1.30. The van der Waals surface area contributed by atoms with E-state index in [0.29, 0.717) is 18.2 Å². The van der Waals surface area contributed by atoms with Gasteiger partial charge in [0.25, 0.3) is 0 Å². The topological polar surface area (TPSA) is 36.4 Å². The summed E-state index contributed by atoms with van der Waals surface area (Å²) < 4.78 is 0. The van der Waals surface area contributed by atoms with Gasteiger partial charge in [-0.15, -0.1) is 0 Å². The Hall–Kier alpha value is -1.42. The zero-order valence-corrected chi connectivity index (χ0v) is 15.5. The fraction of sp³-hybridized carbons (Fsp3) is 0.714. The maximum atomic E-state index is 12.5. The molecule has 0 radical (unpaired) electrons. The predicted molar refractivity (Wildman–Crippen MR) is 99.3 cm³/mol. The van der Waals surface area contributed by atoms with Crippen LogP contribution in [-0.4, -0.2) is 52.9 Å². The van der Waals surface area contributed by atoms with Crippen molar-refractivity contribution in [3.05, 3.63) is 30.1 Å². The number of carbonyl (C=O) groups is 1. The van der Waals surface area contributed by atoms with Crippen molar-refractivity contribution in [3.63, 3.8) is 0 Å². The highest BCUT2D eigenvalue weighted by Crippen LogP contribution is 2.48. The van der Waals surface area contributed by atoms with Crippen molar-refractivity contribution < 1.29 is 4.79 Å². The Morgan fingerprint density at radius 2 is 1.80 bits per heavy atom. The second-order valence-corrected chi connectivity index (χ2v) is 8.40. The number of aromatic nitrogens is 1. The molecule has 4 rings (SSSR count). The third-order valence-corrected chi connectivity index (χ3v) is 7.14. The molecule has 1 spiro atoms.